The molecule has 13 heteroatoms. The Balaban J connectivity index is 1.59. The molecule has 0 radical (unpaired) electrons. The Morgan fingerprint density at radius 3 is 1.88 bits per heavy atom. The molecule has 0 aliphatic heterocycles. The van der Waals surface area contributed by atoms with E-state index in [4.69, 9.17) is 15.2 Å². The number of alkyl carbamates (subject to hydrolysis) is 1. The summed E-state index contributed by atoms with van der Waals surface area (Å²) in [6.45, 7) is 3.55. The summed E-state index contributed by atoms with van der Waals surface area (Å²) in [6.07, 6.45) is -1.46. The molecule has 0 saturated carbocycles. The summed E-state index contributed by atoms with van der Waals surface area (Å²) >= 11 is 0. The smallest absolute Gasteiger partial charge is 0.407 e. The van der Waals surface area contributed by atoms with Crippen LogP contribution in [0.25, 0.3) is 11.1 Å². The highest BCUT2D eigenvalue weighted by Gasteiger charge is 2.31. The van der Waals surface area contributed by atoms with E-state index in [0.717, 1.165) is 22.3 Å². The maximum atomic E-state index is 12.9. The number of esters is 1. The van der Waals surface area contributed by atoms with Crippen LogP contribution in [0.1, 0.15) is 44.2 Å². The zero-order valence-electron chi connectivity index (χ0n) is 23.7. The van der Waals surface area contributed by atoms with Gasteiger partial charge in [-0.05, 0) is 43.0 Å². The molecule has 6 N–H and O–H groups in total. The van der Waals surface area contributed by atoms with Crippen molar-refractivity contribution < 1.29 is 38.2 Å². The quantitative estimate of drug-likeness (QED) is 0.223. The third-order valence-corrected chi connectivity index (χ3v) is 6.07. The number of benzene rings is 2. The molecule has 1 aliphatic carbocycles. The van der Waals surface area contributed by atoms with Gasteiger partial charge in [0.1, 0.15) is 18.2 Å². The van der Waals surface area contributed by atoms with E-state index in [1.165, 1.54) is 0 Å². The number of hydrogen-bond donors (Lipinski definition) is 5. The van der Waals surface area contributed by atoms with Crippen molar-refractivity contribution in [3.63, 3.8) is 0 Å². The van der Waals surface area contributed by atoms with Gasteiger partial charge in [0, 0.05) is 5.92 Å². The first-order valence-corrected chi connectivity index (χ1v) is 13.3. The van der Waals surface area contributed by atoms with E-state index in [0.29, 0.717) is 0 Å². The summed E-state index contributed by atoms with van der Waals surface area (Å²) in [5.41, 5.74) is 8.21. The average Bonchev–Trinajstić information content (AvgIpc) is 3.24. The molecule has 0 spiro atoms. The number of fused-ring (bicyclic) bond motifs is 3. The van der Waals surface area contributed by atoms with E-state index >= 15 is 0 Å². The van der Waals surface area contributed by atoms with Gasteiger partial charge in [-0.1, -0.05) is 48.5 Å². The Kier molecular flexibility index (Phi) is 10.6. The third kappa shape index (κ3) is 9.32. The molecule has 2 aromatic rings. The van der Waals surface area contributed by atoms with Crippen molar-refractivity contribution in [2.45, 2.75) is 44.8 Å². The fourth-order valence-corrected chi connectivity index (χ4v) is 4.32. The van der Waals surface area contributed by atoms with Gasteiger partial charge in [-0.2, -0.15) is 0 Å². The first-order valence-electron chi connectivity index (χ1n) is 13.3. The molecular formula is C29H35N5O8. The lowest BCUT2D eigenvalue weighted by Gasteiger charge is -2.23. The second kappa shape index (κ2) is 14.1. The zero-order chi connectivity index (χ0) is 30.9. The minimum absolute atomic E-state index is 0.0130. The molecular weight excluding hydrogens is 546 g/mol. The SMILES string of the molecule is CC(C)(C)OC(=O)CC(NC(=O)OCC1c2ccccc2-c2ccccc21)C(=O)NCC(=O)NCC(=O)NCC(N)=O. The van der Waals surface area contributed by atoms with Crippen LogP contribution >= 0.6 is 0 Å². The molecule has 42 heavy (non-hydrogen) atoms. The number of nitrogens with two attached hydrogens (primary N) is 1. The number of carbonyl (C=O) groups excluding carboxylic acids is 6. The molecule has 0 fully saturated rings. The lowest BCUT2D eigenvalue weighted by atomic mass is 9.98. The molecule has 1 aliphatic rings. The first kappa shape index (κ1) is 31.6. The number of amides is 5. The van der Waals surface area contributed by atoms with Gasteiger partial charge in [0.15, 0.2) is 0 Å². The lowest BCUT2D eigenvalue weighted by molar-refractivity contribution is -0.156. The molecule has 0 aromatic heterocycles. The number of nitrogens with one attached hydrogen (secondary N) is 4. The van der Waals surface area contributed by atoms with Gasteiger partial charge in [0.05, 0.1) is 26.1 Å². The lowest BCUT2D eigenvalue weighted by Crippen LogP contribution is -2.51. The Bertz CT molecular complexity index is 1310. The second-order valence-corrected chi connectivity index (χ2v) is 10.6. The summed E-state index contributed by atoms with van der Waals surface area (Å²) in [7, 11) is 0. The highest BCUT2D eigenvalue weighted by Crippen LogP contribution is 2.44. The normalized spacial score (nSPS) is 12.6. The van der Waals surface area contributed by atoms with Crippen molar-refractivity contribution in [1.82, 2.24) is 21.3 Å². The number of rotatable bonds is 12. The highest BCUT2D eigenvalue weighted by atomic mass is 16.6. The predicted molar refractivity (Wildman–Crippen MR) is 151 cm³/mol. The fraction of sp³-hybridized carbons (Fsp3) is 0.379. The minimum atomic E-state index is -1.41. The monoisotopic (exact) mass is 581 g/mol. The van der Waals surface area contributed by atoms with E-state index in [-0.39, 0.29) is 19.1 Å². The van der Waals surface area contributed by atoms with Crippen LogP contribution in [0.15, 0.2) is 48.5 Å². The Hall–Kier alpha value is -4.94. The molecule has 1 atom stereocenters. The van der Waals surface area contributed by atoms with Gasteiger partial charge >= 0.3 is 12.1 Å². The molecule has 3 rings (SSSR count). The maximum absolute atomic E-state index is 12.9. The van der Waals surface area contributed by atoms with Crippen molar-refractivity contribution in [1.29, 1.82) is 0 Å². The standard InChI is InChI=1S/C29H35N5O8/c1-29(2,3)42-26(38)12-22(27(39)33-15-25(37)32-14-24(36)31-13-23(30)35)34-28(40)41-16-21-19-10-6-4-8-17(19)18-9-5-7-11-20(18)21/h4-11,21-22H,12-16H2,1-3H3,(H2,30,35)(H,31,36)(H,32,37)(H,33,39)(H,34,40). The Morgan fingerprint density at radius 2 is 1.33 bits per heavy atom. The van der Waals surface area contributed by atoms with Crippen molar-refractivity contribution >= 4 is 35.7 Å². The summed E-state index contributed by atoms with van der Waals surface area (Å²) in [5.74, 6) is -3.95. The van der Waals surface area contributed by atoms with Crippen LogP contribution in [0.3, 0.4) is 0 Å². The molecule has 2 aromatic carbocycles. The number of primary amides is 1. The van der Waals surface area contributed by atoms with Crippen molar-refractivity contribution in [2.24, 2.45) is 5.73 Å². The topological polar surface area (TPSA) is 195 Å². The Labute approximate surface area is 242 Å². The number of hydrogen-bond acceptors (Lipinski definition) is 8. The van der Waals surface area contributed by atoms with Gasteiger partial charge in [0.2, 0.25) is 23.6 Å². The zero-order valence-corrected chi connectivity index (χ0v) is 23.7. The van der Waals surface area contributed by atoms with Crippen LogP contribution in [-0.2, 0) is 33.4 Å². The van der Waals surface area contributed by atoms with Gasteiger partial charge in [-0.15, -0.1) is 0 Å². The van der Waals surface area contributed by atoms with Crippen molar-refractivity contribution in [3.8, 4) is 11.1 Å². The number of carbonyl (C=O) groups is 6. The molecule has 0 bridgehead atoms. The van der Waals surface area contributed by atoms with Gasteiger partial charge in [0.25, 0.3) is 0 Å². The van der Waals surface area contributed by atoms with Crippen LogP contribution in [0.2, 0.25) is 0 Å². The van der Waals surface area contributed by atoms with Crippen LogP contribution in [0.4, 0.5) is 4.79 Å². The summed E-state index contributed by atoms with van der Waals surface area (Å²) in [6, 6.07) is 14.2. The highest BCUT2D eigenvalue weighted by molar-refractivity contribution is 5.93. The molecule has 1 unspecified atom stereocenters. The molecule has 13 nitrogen and oxygen atoms in total. The average molecular weight is 582 g/mol. The van der Waals surface area contributed by atoms with Gasteiger partial charge < -0.3 is 36.5 Å². The first-order chi connectivity index (χ1) is 19.8. The van der Waals surface area contributed by atoms with E-state index in [2.05, 4.69) is 21.3 Å². The largest absolute Gasteiger partial charge is 0.460 e. The molecule has 0 saturated heterocycles. The molecule has 224 valence electrons. The Morgan fingerprint density at radius 1 is 0.810 bits per heavy atom. The van der Waals surface area contributed by atoms with Crippen LogP contribution in [-0.4, -0.2) is 73.6 Å². The van der Waals surface area contributed by atoms with E-state index in [9.17, 15) is 28.8 Å². The summed E-state index contributed by atoms with van der Waals surface area (Å²) < 4.78 is 10.8. The van der Waals surface area contributed by atoms with Crippen LogP contribution < -0.4 is 27.0 Å². The molecule has 5 amide bonds. The third-order valence-electron chi connectivity index (χ3n) is 6.07. The number of ether oxygens (including phenoxy) is 2. The maximum Gasteiger partial charge on any atom is 0.407 e. The van der Waals surface area contributed by atoms with Crippen molar-refractivity contribution in [2.75, 3.05) is 26.2 Å². The van der Waals surface area contributed by atoms with Gasteiger partial charge in [-0.25, -0.2) is 4.79 Å². The molecule has 0 heterocycles. The summed E-state index contributed by atoms with van der Waals surface area (Å²) in [4.78, 5) is 72.6. The van der Waals surface area contributed by atoms with Gasteiger partial charge in [-0.3, -0.25) is 24.0 Å². The minimum Gasteiger partial charge on any atom is -0.460 e. The fourth-order valence-electron chi connectivity index (χ4n) is 4.32. The van der Waals surface area contributed by atoms with Crippen molar-refractivity contribution in [3.05, 3.63) is 59.7 Å². The van der Waals surface area contributed by atoms with E-state index in [1.54, 1.807) is 20.8 Å². The summed E-state index contributed by atoms with van der Waals surface area (Å²) in [5, 5.41) is 9.17. The predicted octanol–water partition coefficient (Wildman–Crippen LogP) is 0.459. The van der Waals surface area contributed by atoms with E-state index in [1.807, 2.05) is 48.5 Å². The van der Waals surface area contributed by atoms with Crippen LogP contribution in [0, 0.1) is 0 Å². The second-order valence-electron chi connectivity index (χ2n) is 10.6. The van der Waals surface area contributed by atoms with E-state index < -0.39 is 66.8 Å². The van der Waals surface area contributed by atoms with Crippen LogP contribution in [0.5, 0.6) is 0 Å².